The molecule has 0 bridgehead atoms. The summed E-state index contributed by atoms with van der Waals surface area (Å²) in [5.41, 5.74) is 1.15. The Morgan fingerprint density at radius 2 is 1.97 bits per heavy atom. The molecule has 3 rings (SSSR count). The number of carbonyl (C=O) groups excluding carboxylic acids is 2. The van der Waals surface area contributed by atoms with Crippen LogP contribution >= 0.6 is 35.0 Å². The van der Waals surface area contributed by atoms with Crippen molar-refractivity contribution in [1.82, 2.24) is 4.90 Å². The lowest BCUT2D eigenvalue weighted by atomic mass is 10.2. The molecule has 29 heavy (non-hydrogen) atoms. The molecule has 1 saturated heterocycles. The van der Waals surface area contributed by atoms with Crippen LogP contribution in [0.25, 0.3) is 0 Å². The summed E-state index contributed by atoms with van der Waals surface area (Å²) in [7, 11) is 1.57. The number of hydrogen-bond acceptors (Lipinski definition) is 5. The quantitative estimate of drug-likeness (QED) is 0.667. The minimum atomic E-state index is -0.577. The molecule has 1 fully saturated rings. The van der Waals surface area contributed by atoms with Gasteiger partial charge in [-0.3, -0.25) is 14.5 Å². The SMILES string of the molecule is COCCN1C(=O)C(CC(=O)Nc2cccc(Cl)c2Cl)SC1=Nc1ccccc1. The van der Waals surface area contributed by atoms with E-state index in [0.717, 1.165) is 5.69 Å². The predicted octanol–water partition coefficient (Wildman–Crippen LogP) is 4.60. The monoisotopic (exact) mass is 451 g/mol. The number of benzene rings is 2. The highest BCUT2D eigenvalue weighted by Gasteiger charge is 2.39. The van der Waals surface area contributed by atoms with Crippen LogP contribution in [0.5, 0.6) is 0 Å². The van der Waals surface area contributed by atoms with Crippen LogP contribution in [-0.4, -0.2) is 47.4 Å². The summed E-state index contributed by atoms with van der Waals surface area (Å²) in [5.74, 6) is -0.498. The summed E-state index contributed by atoms with van der Waals surface area (Å²) in [4.78, 5) is 31.5. The highest BCUT2D eigenvalue weighted by molar-refractivity contribution is 8.15. The van der Waals surface area contributed by atoms with Crippen LogP contribution in [0, 0.1) is 0 Å². The van der Waals surface area contributed by atoms with E-state index in [-0.39, 0.29) is 23.3 Å². The largest absolute Gasteiger partial charge is 0.383 e. The number of thioether (sulfide) groups is 1. The van der Waals surface area contributed by atoms with Gasteiger partial charge in [-0.2, -0.15) is 0 Å². The average molecular weight is 452 g/mol. The van der Waals surface area contributed by atoms with Gasteiger partial charge in [-0.25, -0.2) is 4.99 Å². The number of aliphatic imine (C=N–C) groups is 1. The molecule has 1 aliphatic rings. The first kappa shape index (κ1) is 21.6. The molecule has 2 aromatic rings. The number of halogens is 2. The molecule has 0 radical (unpaired) electrons. The van der Waals surface area contributed by atoms with E-state index < -0.39 is 5.25 Å². The molecule has 6 nitrogen and oxygen atoms in total. The number of ether oxygens (including phenoxy) is 1. The van der Waals surface area contributed by atoms with Crippen LogP contribution in [0.1, 0.15) is 6.42 Å². The lowest BCUT2D eigenvalue weighted by Crippen LogP contribution is -2.35. The van der Waals surface area contributed by atoms with Gasteiger partial charge in [0.05, 0.1) is 34.6 Å². The predicted molar refractivity (Wildman–Crippen MR) is 118 cm³/mol. The Bertz CT molecular complexity index is 924. The van der Waals surface area contributed by atoms with Gasteiger partial charge in [0.1, 0.15) is 5.25 Å². The van der Waals surface area contributed by atoms with Crippen molar-refractivity contribution in [3.8, 4) is 0 Å². The van der Waals surface area contributed by atoms with Gasteiger partial charge in [0.15, 0.2) is 5.17 Å². The van der Waals surface area contributed by atoms with Crippen LogP contribution in [0.15, 0.2) is 53.5 Å². The van der Waals surface area contributed by atoms with E-state index in [0.29, 0.717) is 29.0 Å². The normalized spacial score (nSPS) is 17.8. The first-order chi connectivity index (χ1) is 14.0. The van der Waals surface area contributed by atoms with Crippen LogP contribution in [0.3, 0.4) is 0 Å². The highest BCUT2D eigenvalue weighted by Crippen LogP contribution is 2.33. The molecule has 1 N–H and O–H groups in total. The minimum Gasteiger partial charge on any atom is -0.383 e. The zero-order valence-corrected chi connectivity index (χ0v) is 17.9. The lowest BCUT2D eigenvalue weighted by Gasteiger charge is -2.15. The van der Waals surface area contributed by atoms with Gasteiger partial charge in [-0.1, -0.05) is 59.2 Å². The second-order valence-electron chi connectivity index (χ2n) is 6.17. The van der Waals surface area contributed by atoms with E-state index in [1.807, 2.05) is 30.3 Å². The fourth-order valence-electron chi connectivity index (χ4n) is 2.70. The molecular weight excluding hydrogens is 433 g/mol. The number of rotatable bonds is 7. The molecule has 2 aromatic carbocycles. The summed E-state index contributed by atoms with van der Waals surface area (Å²) < 4.78 is 5.11. The van der Waals surface area contributed by atoms with Gasteiger partial charge < -0.3 is 10.1 Å². The number of amides is 2. The van der Waals surface area contributed by atoms with Crippen molar-refractivity contribution in [3.63, 3.8) is 0 Å². The Labute approximate surface area is 183 Å². The molecule has 1 heterocycles. The third-order valence-electron chi connectivity index (χ3n) is 4.12. The van der Waals surface area contributed by atoms with Crippen LogP contribution < -0.4 is 5.32 Å². The van der Waals surface area contributed by atoms with E-state index in [9.17, 15) is 9.59 Å². The van der Waals surface area contributed by atoms with Crippen molar-refractivity contribution in [1.29, 1.82) is 0 Å². The Morgan fingerprint density at radius 1 is 1.21 bits per heavy atom. The number of amidine groups is 1. The van der Waals surface area contributed by atoms with Crippen molar-refractivity contribution in [3.05, 3.63) is 58.6 Å². The van der Waals surface area contributed by atoms with Gasteiger partial charge in [0.25, 0.3) is 0 Å². The standard InChI is InChI=1S/C20H19Cl2N3O3S/c1-28-11-10-25-19(27)16(29-20(25)23-13-6-3-2-4-7-13)12-17(26)24-15-9-5-8-14(21)18(15)22/h2-9,16H,10-12H2,1H3,(H,24,26). The van der Waals surface area contributed by atoms with E-state index in [1.54, 1.807) is 30.2 Å². The summed E-state index contributed by atoms with van der Waals surface area (Å²) in [6.07, 6.45) is -0.0103. The summed E-state index contributed by atoms with van der Waals surface area (Å²) in [5, 5.41) is 3.30. The van der Waals surface area contributed by atoms with Crippen molar-refractivity contribution in [2.45, 2.75) is 11.7 Å². The first-order valence-corrected chi connectivity index (χ1v) is 10.5. The smallest absolute Gasteiger partial charge is 0.242 e. The summed E-state index contributed by atoms with van der Waals surface area (Å²) in [6, 6.07) is 14.3. The van der Waals surface area contributed by atoms with E-state index in [4.69, 9.17) is 27.9 Å². The molecule has 9 heteroatoms. The van der Waals surface area contributed by atoms with Gasteiger partial charge in [-0.05, 0) is 24.3 Å². The van der Waals surface area contributed by atoms with Crippen molar-refractivity contribution >= 4 is 63.3 Å². The molecule has 1 unspecified atom stereocenters. The van der Waals surface area contributed by atoms with Crippen molar-refractivity contribution < 1.29 is 14.3 Å². The number of hydrogen-bond donors (Lipinski definition) is 1. The maximum atomic E-state index is 12.9. The van der Waals surface area contributed by atoms with Crippen molar-refractivity contribution in [2.24, 2.45) is 4.99 Å². The molecule has 0 spiro atoms. The van der Waals surface area contributed by atoms with E-state index in [1.165, 1.54) is 11.8 Å². The Hall–Kier alpha value is -2.06. The zero-order chi connectivity index (χ0) is 20.8. The van der Waals surface area contributed by atoms with Crippen LogP contribution in [0.4, 0.5) is 11.4 Å². The Kier molecular flexibility index (Phi) is 7.55. The Balaban J connectivity index is 1.73. The maximum absolute atomic E-state index is 12.9. The number of para-hydroxylation sites is 1. The third kappa shape index (κ3) is 5.51. The van der Waals surface area contributed by atoms with Crippen LogP contribution in [0.2, 0.25) is 10.0 Å². The third-order valence-corrected chi connectivity index (χ3v) is 6.11. The fraction of sp³-hybridized carbons (Fsp3) is 0.250. The molecule has 2 amide bonds. The zero-order valence-electron chi connectivity index (χ0n) is 15.6. The number of anilines is 1. The van der Waals surface area contributed by atoms with Gasteiger partial charge in [-0.15, -0.1) is 0 Å². The van der Waals surface area contributed by atoms with E-state index >= 15 is 0 Å². The maximum Gasteiger partial charge on any atom is 0.242 e. The Morgan fingerprint density at radius 3 is 2.69 bits per heavy atom. The molecule has 0 aromatic heterocycles. The molecule has 1 aliphatic heterocycles. The summed E-state index contributed by atoms with van der Waals surface area (Å²) in [6.45, 7) is 0.739. The number of carbonyl (C=O) groups is 2. The van der Waals surface area contributed by atoms with E-state index in [2.05, 4.69) is 10.3 Å². The lowest BCUT2D eigenvalue weighted by molar-refractivity contribution is -0.128. The number of nitrogens with one attached hydrogen (secondary N) is 1. The molecule has 0 saturated carbocycles. The average Bonchev–Trinajstić information content (AvgIpc) is 2.99. The van der Waals surface area contributed by atoms with Gasteiger partial charge >= 0.3 is 0 Å². The second kappa shape index (κ2) is 10.1. The number of methoxy groups -OCH3 is 1. The molecule has 152 valence electrons. The molecular formula is C20H19Cl2N3O3S. The minimum absolute atomic E-state index is 0.0103. The summed E-state index contributed by atoms with van der Waals surface area (Å²) >= 11 is 13.4. The fourth-order valence-corrected chi connectivity index (χ4v) is 4.23. The highest BCUT2D eigenvalue weighted by atomic mass is 35.5. The second-order valence-corrected chi connectivity index (χ2v) is 8.13. The molecule has 1 atom stereocenters. The van der Waals surface area contributed by atoms with Gasteiger partial charge in [0, 0.05) is 13.5 Å². The van der Waals surface area contributed by atoms with Gasteiger partial charge in [0.2, 0.25) is 11.8 Å². The topological polar surface area (TPSA) is 71.0 Å². The van der Waals surface area contributed by atoms with Crippen LogP contribution in [-0.2, 0) is 14.3 Å². The van der Waals surface area contributed by atoms with Crippen molar-refractivity contribution in [2.75, 3.05) is 25.6 Å². The first-order valence-electron chi connectivity index (χ1n) is 8.84. The number of nitrogens with zero attached hydrogens (tertiary/aromatic N) is 2. The molecule has 0 aliphatic carbocycles.